The lowest BCUT2D eigenvalue weighted by molar-refractivity contribution is -0.393. The average Bonchev–Trinajstić information content (AvgIpc) is 2.49. The molecule has 0 bridgehead atoms. The topological polar surface area (TPSA) is 111 Å². The van der Waals surface area contributed by atoms with Gasteiger partial charge in [-0.3, -0.25) is 25.7 Å². The van der Waals surface area contributed by atoms with Crippen LogP contribution in [0.5, 0.6) is 0 Å². The minimum Gasteiger partial charge on any atom is -0.272 e. The summed E-state index contributed by atoms with van der Waals surface area (Å²) >= 11 is 3.30. The van der Waals surface area contributed by atoms with Gasteiger partial charge in [0.15, 0.2) is 0 Å². The van der Waals surface area contributed by atoms with Crippen LogP contribution in [0.1, 0.15) is 5.56 Å². The maximum absolute atomic E-state index is 11.0. The van der Waals surface area contributed by atoms with Gasteiger partial charge in [0, 0.05) is 10.5 Å². The summed E-state index contributed by atoms with van der Waals surface area (Å²) in [4.78, 5) is 20.2. The van der Waals surface area contributed by atoms with Gasteiger partial charge in [0.05, 0.1) is 22.1 Å². The van der Waals surface area contributed by atoms with Crippen molar-refractivity contribution in [2.75, 3.05) is 5.43 Å². The van der Waals surface area contributed by atoms with Crippen molar-refractivity contribution in [2.24, 2.45) is 5.10 Å². The monoisotopic (exact) mass is 364 g/mol. The van der Waals surface area contributed by atoms with Gasteiger partial charge in [-0.1, -0.05) is 28.1 Å². The Kier molecular flexibility index (Phi) is 4.79. The highest BCUT2D eigenvalue weighted by atomic mass is 79.9. The molecule has 0 unspecified atom stereocenters. The van der Waals surface area contributed by atoms with Gasteiger partial charge in [-0.05, 0) is 23.8 Å². The Morgan fingerprint density at radius 1 is 1.05 bits per heavy atom. The summed E-state index contributed by atoms with van der Waals surface area (Å²) in [6, 6.07) is 10.6. The van der Waals surface area contributed by atoms with E-state index in [-0.39, 0.29) is 11.4 Å². The van der Waals surface area contributed by atoms with Crippen LogP contribution in [0.4, 0.5) is 17.1 Å². The van der Waals surface area contributed by atoms with Crippen LogP contribution in [-0.4, -0.2) is 16.1 Å². The molecule has 9 heteroatoms. The van der Waals surface area contributed by atoms with Crippen molar-refractivity contribution in [3.05, 3.63) is 72.7 Å². The molecule has 0 aliphatic rings. The number of nitrogens with zero attached hydrogens (tertiary/aromatic N) is 3. The highest BCUT2D eigenvalue weighted by Gasteiger charge is 2.18. The van der Waals surface area contributed by atoms with E-state index in [1.54, 1.807) is 12.1 Å². The standard InChI is InChI=1S/C13H9BrN4O4/c14-10-3-1-9(2-4-10)8-15-16-12-6-5-11(17(19)20)7-13(12)18(21)22/h1-8,16H/b15-8+. The zero-order valence-corrected chi connectivity index (χ0v) is 12.6. The number of benzene rings is 2. The number of hydrogen-bond donors (Lipinski definition) is 1. The van der Waals surface area contributed by atoms with Gasteiger partial charge in [0.25, 0.3) is 5.69 Å². The third kappa shape index (κ3) is 3.85. The predicted molar refractivity (Wildman–Crippen MR) is 85.1 cm³/mol. The first-order valence-corrected chi connectivity index (χ1v) is 6.74. The molecule has 8 nitrogen and oxygen atoms in total. The van der Waals surface area contributed by atoms with Gasteiger partial charge in [0.1, 0.15) is 5.69 Å². The Morgan fingerprint density at radius 3 is 2.32 bits per heavy atom. The first-order valence-electron chi connectivity index (χ1n) is 5.95. The Labute approximate surface area is 132 Å². The Balaban J connectivity index is 2.20. The van der Waals surface area contributed by atoms with E-state index in [0.717, 1.165) is 16.1 Å². The quantitative estimate of drug-likeness (QED) is 0.493. The number of non-ortho nitro benzene ring substituents is 1. The summed E-state index contributed by atoms with van der Waals surface area (Å²) in [7, 11) is 0. The van der Waals surface area contributed by atoms with Crippen molar-refractivity contribution in [1.29, 1.82) is 0 Å². The minimum absolute atomic E-state index is 0.0731. The number of hydrazone groups is 1. The van der Waals surface area contributed by atoms with Gasteiger partial charge < -0.3 is 0 Å². The number of hydrogen-bond acceptors (Lipinski definition) is 6. The minimum atomic E-state index is -0.704. The molecule has 1 N–H and O–H groups in total. The lowest BCUT2D eigenvalue weighted by Crippen LogP contribution is -1.98. The molecule has 2 aromatic rings. The first kappa shape index (κ1) is 15.6. The van der Waals surface area contributed by atoms with Crippen molar-refractivity contribution >= 4 is 39.2 Å². The van der Waals surface area contributed by atoms with Crippen LogP contribution in [-0.2, 0) is 0 Å². The molecule has 0 spiro atoms. The van der Waals surface area contributed by atoms with E-state index in [0.29, 0.717) is 0 Å². The van der Waals surface area contributed by atoms with Crippen LogP contribution >= 0.6 is 15.9 Å². The van der Waals surface area contributed by atoms with Crippen molar-refractivity contribution < 1.29 is 9.85 Å². The summed E-state index contributed by atoms with van der Waals surface area (Å²) in [6.45, 7) is 0. The highest BCUT2D eigenvalue weighted by Crippen LogP contribution is 2.28. The predicted octanol–water partition coefficient (Wildman–Crippen LogP) is 3.71. The van der Waals surface area contributed by atoms with Crippen LogP contribution in [0.3, 0.4) is 0 Å². The molecule has 2 aromatic carbocycles. The summed E-state index contributed by atoms with van der Waals surface area (Å²) < 4.78 is 0.920. The van der Waals surface area contributed by atoms with Gasteiger partial charge in [-0.15, -0.1) is 0 Å². The fraction of sp³-hybridized carbons (Fsp3) is 0. The van der Waals surface area contributed by atoms with E-state index < -0.39 is 15.5 Å². The molecule has 0 heterocycles. The molecular formula is C13H9BrN4O4. The Hall–Kier alpha value is -2.81. The molecule has 112 valence electrons. The van der Waals surface area contributed by atoms with E-state index in [9.17, 15) is 20.2 Å². The smallest absolute Gasteiger partial charge is 0.272 e. The largest absolute Gasteiger partial charge is 0.301 e. The molecule has 0 saturated heterocycles. The number of anilines is 1. The van der Waals surface area contributed by atoms with Crippen molar-refractivity contribution in [3.8, 4) is 0 Å². The zero-order chi connectivity index (χ0) is 16.1. The summed E-state index contributed by atoms with van der Waals surface area (Å²) in [6.07, 6.45) is 1.48. The van der Waals surface area contributed by atoms with Crippen LogP contribution in [0, 0.1) is 20.2 Å². The molecule has 0 atom stereocenters. The van der Waals surface area contributed by atoms with Gasteiger partial charge in [-0.25, -0.2) is 0 Å². The first-order chi connectivity index (χ1) is 10.5. The molecule has 2 rings (SSSR count). The van der Waals surface area contributed by atoms with Gasteiger partial charge in [-0.2, -0.15) is 5.10 Å². The molecule has 0 aliphatic carbocycles. The van der Waals surface area contributed by atoms with E-state index in [4.69, 9.17) is 0 Å². The number of nitrogens with one attached hydrogen (secondary N) is 1. The highest BCUT2D eigenvalue weighted by molar-refractivity contribution is 9.10. The molecule has 22 heavy (non-hydrogen) atoms. The summed E-state index contributed by atoms with van der Waals surface area (Å²) in [5.41, 5.74) is 2.62. The fourth-order valence-corrected chi connectivity index (χ4v) is 1.87. The molecule has 0 aromatic heterocycles. The lowest BCUT2D eigenvalue weighted by Gasteiger charge is -2.02. The number of nitro groups is 2. The summed E-state index contributed by atoms with van der Waals surface area (Å²) in [5, 5.41) is 25.5. The SMILES string of the molecule is O=[N+]([O-])c1ccc(N/N=C/c2ccc(Br)cc2)c([N+](=O)[O-])c1. The van der Waals surface area contributed by atoms with Crippen LogP contribution < -0.4 is 5.43 Å². The third-order valence-electron chi connectivity index (χ3n) is 2.66. The van der Waals surface area contributed by atoms with Gasteiger partial charge >= 0.3 is 5.69 Å². The zero-order valence-electron chi connectivity index (χ0n) is 11.0. The van der Waals surface area contributed by atoms with E-state index >= 15 is 0 Å². The molecule has 0 saturated carbocycles. The Morgan fingerprint density at radius 2 is 1.73 bits per heavy atom. The fourth-order valence-electron chi connectivity index (χ4n) is 1.60. The molecule has 0 amide bonds. The average molecular weight is 365 g/mol. The van der Waals surface area contributed by atoms with E-state index in [1.807, 2.05) is 12.1 Å². The second-order valence-corrected chi connectivity index (χ2v) is 5.05. The maximum Gasteiger partial charge on any atom is 0.301 e. The maximum atomic E-state index is 11.0. The number of nitro benzene ring substituents is 2. The second-order valence-electron chi connectivity index (χ2n) is 4.14. The van der Waals surface area contributed by atoms with Crippen LogP contribution in [0.15, 0.2) is 52.0 Å². The van der Waals surface area contributed by atoms with Crippen LogP contribution in [0.25, 0.3) is 0 Å². The van der Waals surface area contributed by atoms with E-state index in [2.05, 4.69) is 26.5 Å². The van der Waals surface area contributed by atoms with Crippen molar-refractivity contribution in [1.82, 2.24) is 0 Å². The van der Waals surface area contributed by atoms with Crippen molar-refractivity contribution in [3.63, 3.8) is 0 Å². The molecule has 0 aliphatic heterocycles. The van der Waals surface area contributed by atoms with Crippen molar-refractivity contribution in [2.45, 2.75) is 0 Å². The van der Waals surface area contributed by atoms with Gasteiger partial charge in [0.2, 0.25) is 0 Å². The van der Waals surface area contributed by atoms with E-state index in [1.165, 1.54) is 18.3 Å². The molecule has 0 radical (unpaired) electrons. The molecule has 0 fully saturated rings. The number of halogens is 1. The lowest BCUT2D eigenvalue weighted by atomic mass is 10.2. The normalized spacial score (nSPS) is 10.6. The second kappa shape index (κ2) is 6.76. The number of rotatable bonds is 5. The third-order valence-corrected chi connectivity index (χ3v) is 3.19. The van der Waals surface area contributed by atoms with Crippen LogP contribution in [0.2, 0.25) is 0 Å². The molecular weight excluding hydrogens is 356 g/mol. The summed E-state index contributed by atoms with van der Waals surface area (Å²) in [5.74, 6) is 0. The Bertz CT molecular complexity index is 746.